The Kier molecular flexibility index (Phi) is 9.91. The first-order valence-corrected chi connectivity index (χ1v) is 7.78. The molecular formula is C17H36N2O. The third-order valence-corrected chi connectivity index (χ3v) is 4.73. The molecule has 3 heteroatoms. The lowest BCUT2D eigenvalue weighted by molar-refractivity contribution is -0.119. The average Bonchev–Trinajstić information content (AvgIpc) is 2.29. The molecule has 1 aliphatic heterocycles. The first kappa shape index (κ1) is 19.4. The monoisotopic (exact) mass is 284 g/mol. The van der Waals surface area contributed by atoms with Crippen molar-refractivity contribution < 1.29 is 4.79 Å². The Labute approximate surface area is 126 Å². The highest BCUT2D eigenvalue weighted by atomic mass is 16.1. The SMILES string of the molecule is C.C.NC(=O)CC1CCN(C2CCCCCCC2)CC1. The Balaban J connectivity index is 0.00000180. The van der Waals surface area contributed by atoms with Gasteiger partial charge in [-0.3, -0.25) is 4.79 Å². The molecule has 0 bridgehead atoms. The average molecular weight is 284 g/mol. The molecule has 1 saturated heterocycles. The minimum Gasteiger partial charge on any atom is -0.370 e. The van der Waals surface area contributed by atoms with Crippen LogP contribution in [-0.2, 0) is 4.79 Å². The van der Waals surface area contributed by atoms with Gasteiger partial charge < -0.3 is 10.6 Å². The fourth-order valence-electron chi connectivity index (χ4n) is 3.61. The maximum absolute atomic E-state index is 10.9. The zero-order valence-corrected chi connectivity index (χ0v) is 11.6. The first-order chi connectivity index (χ1) is 8.75. The van der Waals surface area contributed by atoms with Crippen LogP contribution in [0.3, 0.4) is 0 Å². The number of rotatable bonds is 3. The van der Waals surface area contributed by atoms with E-state index in [9.17, 15) is 4.79 Å². The van der Waals surface area contributed by atoms with Crippen LogP contribution in [0, 0.1) is 5.92 Å². The van der Waals surface area contributed by atoms with E-state index in [0.717, 1.165) is 6.04 Å². The highest BCUT2D eigenvalue weighted by molar-refractivity contribution is 5.73. The van der Waals surface area contributed by atoms with Gasteiger partial charge in [-0.25, -0.2) is 0 Å². The van der Waals surface area contributed by atoms with Gasteiger partial charge in [0.2, 0.25) is 5.91 Å². The number of primary amides is 1. The van der Waals surface area contributed by atoms with Crippen molar-refractivity contribution in [3.63, 3.8) is 0 Å². The van der Waals surface area contributed by atoms with Crippen LogP contribution in [0.25, 0.3) is 0 Å². The highest BCUT2D eigenvalue weighted by Gasteiger charge is 2.25. The quantitative estimate of drug-likeness (QED) is 0.852. The maximum Gasteiger partial charge on any atom is 0.217 e. The minimum atomic E-state index is -0.126. The Hall–Kier alpha value is -0.570. The van der Waals surface area contributed by atoms with E-state index in [1.165, 1.54) is 70.9 Å². The van der Waals surface area contributed by atoms with E-state index in [-0.39, 0.29) is 20.8 Å². The summed E-state index contributed by atoms with van der Waals surface area (Å²) in [6.07, 6.45) is 12.8. The van der Waals surface area contributed by atoms with Gasteiger partial charge in [-0.15, -0.1) is 0 Å². The molecular weight excluding hydrogens is 248 g/mol. The summed E-state index contributed by atoms with van der Waals surface area (Å²) >= 11 is 0. The Bertz CT molecular complexity index is 252. The Morgan fingerprint density at radius 2 is 1.40 bits per heavy atom. The molecule has 20 heavy (non-hydrogen) atoms. The predicted molar refractivity (Wildman–Crippen MR) is 87.7 cm³/mol. The zero-order valence-electron chi connectivity index (χ0n) is 11.6. The van der Waals surface area contributed by atoms with E-state index in [0.29, 0.717) is 12.3 Å². The Morgan fingerprint density at radius 3 is 1.90 bits per heavy atom. The van der Waals surface area contributed by atoms with E-state index in [1.807, 2.05) is 0 Å². The molecule has 1 heterocycles. The third-order valence-electron chi connectivity index (χ3n) is 4.73. The minimum absolute atomic E-state index is 0. The van der Waals surface area contributed by atoms with Crippen molar-refractivity contribution in [2.75, 3.05) is 13.1 Å². The lowest BCUT2D eigenvalue weighted by atomic mass is 9.89. The third kappa shape index (κ3) is 6.25. The number of piperidine rings is 1. The lowest BCUT2D eigenvalue weighted by Gasteiger charge is -2.38. The molecule has 0 radical (unpaired) electrons. The molecule has 0 aromatic heterocycles. The van der Waals surface area contributed by atoms with Crippen LogP contribution >= 0.6 is 0 Å². The fourth-order valence-corrected chi connectivity index (χ4v) is 3.61. The van der Waals surface area contributed by atoms with E-state index in [4.69, 9.17) is 5.73 Å². The summed E-state index contributed by atoms with van der Waals surface area (Å²) < 4.78 is 0. The van der Waals surface area contributed by atoms with Gasteiger partial charge in [0.1, 0.15) is 0 Å². The van der Waals surface area contributed by atoms with Crippen molar-refractivity contribution in [2.24, 2.45) is 11.7 Å². The first-order valence-electron chi connectivity index (χ1n) is 7.78. The molecule has 2 rings (SSSR count). The van der Waals surface area contributed by atoms with Crippen molar-refractivity contribution in [1.29, 1.82) is 0 Å². The summed E-state index contributed by atoms with van der Waals surface area (Å²) in [5.41, 5.74) is 5.29. The summed E-state index contributed by atoms with van der Waals surface area (Å²) in [6, 6.07) is 0.819. The van der Waals surface area contributed by atoms with Crippen molar-refractivity contribution in [1.82, 2.24) is 4.90 Å². The second kappa shape index (κ2) is 10.2. The molecule has 0 aromatic rings. The van der Waals surface area contributed by atoms with Gasteiger partial charge in [0.25, 0.3) is 0 Å². The lowest BCUT2D eigenvalue weighted by Crippen LogP contribution is -2.42. The number of carbonyl (C=O) groups excluding carboxylic acids is 1. The number of hydrogen-bond acceptors (Lipinski definition) is 2. The number of amides is 1. The summed E-state index contributed by atoms with van der Waals surface area (Å²) in [6.45, 7) is 2.37. The van der Waals surface area contributed by atoms with Gasteiger partial charge in [-0.2, -0.15) is 0 Å². The van der Waals surface area contributed by atoms with Gasteiger partial charge in [0, 0.05) is 12.5 Å². The van der Waals surface area contributed by atoms with Gasteiger partial charge >= 0.3 is 0 Å². The highest BCUT2D eigenvalue weighted by Crippen LogP contribution is 2.27. The van der Waals surface area contributed by atoms with Crippen LogP contribution in [-0.4, -0.2) is 29.9 Å². The van der Waals surface area contributed by atoms with E-state index in [2.05, 4.69) is 4.90 Å². The molecule has 2 fully saturated rings. The normalized spacial score (nSPS) is 23.0. The standard InChI is InChI=1S/C15H28N2O.2CH4/c16-15(18)12-13-8-10-17(11-9-13)14-6-4-2-1-3-5-7-14;;/h13-14H,1-12H2,(H2,16,18);2*1H4. The van der Waals surface area contributed by atoms with Crippen molar-refractivity contribution >= 4 is 5.91 Å². The van der Waals surface area contributed by atoms with Crippen LogP contribution in [0.5, 0.6) is 0 Å². The summed E-state index contributed by atoms with van der Waals surface area (Å²) in [5.74, 6) is 0.423. The number of hydrogen-bond donors (Lipinski definition) is 1. The summed E-state index contributed by atoms with van der Waals surface area (Å²) in [4.78, 5) is 13.6. The summed E-state index contributed by atoms with van der Waals surface area (Å²) in [5, 5.41) is 0. The van der Waals surface area contributed by atoms with Crippen LogP contribution in [0.4, 0.5) is 0 Å². The van der Waals surface area contributed by atoms with Gasteiger partial charge in [-0.05, 0) is 44.7 Å². The van der Waals surface area contributed by atoms with Crippen molar-refractivity contribution in [2.45, 2.75) is 85.1 Å². The number of nitrogens with zero attached hydrogens (tertiary/aromatic N) is 1. The topological polar surface area (TPSA) is 46.3 Å². The molecule has 120 valence electrons. The van der Waals surface area contributed by atoms with Crippen molar-refractivity contribution in [3.05, 3.63) is 0 Å². The number of likely N-dealkylation sites (tertiary alicyclic amines) is 1. The van der Waals surface area contributed by atoms with Gasteiger partial charge in [0.05, 0.1) is 0 Å². The molecule has 1 saturated carbocycles. The van der Waals surface area contributed by atoms with E-state index < -0.39 is 0 Å². The maximum atomic E-state index is 10.9. The second-order valence-electron chi connectivity index (χ2n) is 6.15. The molecule has 0 spiro atoms. The molecule has 1 amide bonds. The largest absolute Gasteiger partial charge is 0.370 e. The predicted octanol–water partition coefficient (Wildman–Crippen LogP) is 3.96. The molecule has 0 atom stereocenters. The number of carbonyl (C=O) groups is 1. The smallest absolute Gasteiger partial charge is 0.217 e. The van der Waals surface area contributed by atoms with Crippen LogP contribution in [0.1, 0.15) is 79.1 Å². The van der Waals surface area contributed by atoms with E-state index >= 15 is 0 Å². The van der Waals surface area contributed by atoms with Crippen LogP contribution in [0.15, 0.2) is 0 Å². The van der Waals surface area contributed by atoms with E-state index in [1.54, 1.807) is 0 Å². The molecule has 0 unspecified atom stereocenters. The van der Waals surface area contributed by atoms with Gasteiger partial charge in [-0.1, -0.05) is 47.0 Å². The molecule has 2 N–H and O–H groups in total. The molecule has 1 aliphatic carbocycles. The number of nitrogens with two attached hydrogens (primary N) is 1. The van der Waals surface area contributed by atoms with Crippen LogP contribution in [0.2, 0.25) is 0 Å². The fraction of sp³-hybridized carbons (Fsp3) is 0.941. The Morgan fingerprint density at radius 1 is 0.900 bits per heavy atom. The van der Waals surface area contributed by atoms with Crippen molar-refractivity contribution in [3.8, 4) is 0 Å². The zero-order chi connectivity index (χ0) is 12.8. The molecule has 2 aliphatic rings. The van der Waals surface area contributed by atoms with Gasteiger partial charge in [0.15, 0.2) is 0 Å². The molecule has 0 aromatic carbocycles. The van der Waals surface area contributed by atoms with Crippen LogP contribution < -0.4 is 5.73 Å². The summed E-state index contributed by atoms with van der Waals surface area (Å²) in [7, 11) is 0. The second-order valence-corrected chi connectivity index (χ2v) is 6.15. The molecule has 3 nitrogen and oxygen atoms in total.